The van der Waals surface area contributed by atoms with E-state index in [4.69, 9.17) is 33.2 Å². The third-order valence-electron chi connectivity index (χ3n) is 15.2. The van der Waals surface area contributed by atoms with Gasteiger partial charge in [0.05, 0.1) is 43.0 Å². The van der Waals surface area contributed by atoms with E-state index in [1.54, 1.807) is 27.0 Å². The predicted octanol–water partition coefficient (Wildman–Crippen LogP) is 6.40. The highest BCUT2D eigenvalue weighted by Crippen LogP contribution is 2.39. The second kappa shape index (κ2) is 25.5. The summed E-state index contributed by atoms with van der Waals surface area (Å²) in [4.78, 5) is 70.4. The van der Waals surface area contributed by atoms with Gasteiger partial charge in [0.15, 0.2) is 0 Å². The van der Waals surface area contributed by atoms with Gasteiger partial charge >= 0.3 is 11.9 Å². The number of carbonyl (C=O) groups excluding carboxylic acids is 5. The van der Waals surface area contributed by atoms with Crippen LogP contribution in [0.25, 0.3) is 0 Å². The average molecular weight is 944 g/mol. The molecule has 2 unspecified atom stereocenters. The van der Waals surface area contributed by atoms with Gasteiger partial charge < -0.3 is 48.3 Å². The maximum absolute atomic E-state index is 14.5. The van der Waals surface area contributed by atoms with Crippen LogP contribution in [-0.4, -0.2) is 140 Å². The van der Waals surface area contributed by atoms with Crippen molar-refractivity contribution in [2.45, 2.75) is 185 Å². The topological polar surface area (TPSA) is 194 Å². The van der Waals surface area contributed by atoms with Gasteiger partial charge in [0.25, 0.3) is 11.7 Å². The van der Waals surface area contributed by atoms with Gasteiger partial charge in [0.2, 0.25) is 5.79 Å². The predicted molar refractivity (Wildman–Crippen MR) is 249 cm³/mol. The molecule has 2 N–H and O–H groups in total. The number of amides is 1. The molecule has 2 bridgehead atoms. The summed E-state index contributed by atoms with van der Waals surface area (Å²) in [7, 11) is 4.73. The van der Waals surface area contributed by atoms with E-state index in [-0.39, 0.29) is 67.5 Å². The molecule has 67 heavy (non-hydrogen) atoms. The van der Waals surface area contributed by atoms with Crippen LogP contribution in [-0.2, 0) is 57.1 Å². The van der Waals surface area contributed by atoms with Crippen molar-refractivity contribution in [2.75, 3.05) is 41.1 Å². The van der Waals surface area contributed by atoms with Gasteiger partial charge in [-0.05, 0) is 115 Å². The number of hydrogen-bond donors (Lipinski definition) is 2. The Hall–Kier alpha value is -3.31. The van der Waals surface area contributed by atoms with E-state index in [1.807, 2.05) is 26.8 Å². The van der Waals surface area contributed by atoms with Crippen LogP contribution in [0.4, 0.5) is 0 Å². The number of methoxy groups -OCH3 is 3. The summed E-state index contributed by atoms with van der Waals surface area (Å²) >= 11 is 0. The lowest BCUT2D eigenvalue weighted by Gasteiger charge is -2.47. The number of unbranched alkanes of at least 4 members (excludes halogenated alkanes) is 1. The molecular formula is C52H81NO14. The summed E-state index contributed by atoms with van der Waals surface area (Å²) < 4.78 is 41.8. The Labute approximate surface area is 398 Å². The molecule has 1 saturated carbocycles. The van der Waals surface area contributed by atoms with Crippen LogP contribution in [0.15, 0.2) is 36.0 Å². The number of piperidine rings is 1. The summed E-state index contributed by atoms with van der Waals surface area (Å²) in [6.07, 6.45) is 9.26. The van der Waals surface area contributed by atoms with E-state index in [2.05, 4.69) is 12.7 Å². The van der Waals surface area contributed by atoms with Crippen LogP contribution in [0.5, 0.6) is 0 Å². The smallest absolute Gasteiger partial charge is 0.329 e. The van der Waals surface area contributed by atoms with Crippen molar-refractivity contribution in [1.82, 2.24) is 4.90 Å². The fourth-order valence-corrected chi connectivity index (χ4v) is 11.1. The Kier molecular flexibility index (Phi) is 20.8. The molecule has 3 saturated heterocycles. The van der Waals surface area contributed by atoms with Gasteiger partial charge in [-0.2, -0.15) is 0 Å². The van der Waals surface area contributed by atoms with Crippen molar-refractivity contribution in [2.24, 2.45) is 35.5 Å². The van der Waals surface area contributed by atoms with Crippen molar-refractivity contribution in [3.05, 3.63) is 36.0 Å². The minimum atomic E-state index is -2.52. The van der Waals surface area contributed by atoms with Crippen molar-refractivity contribution in [3.8, 4) is 0 Å². The Morgan fingerprint density at radius 3 is 2.28 bits per heavy atom. The number of ether oxygens (including phenoxy) is 7. The monoisotopic (exact) mass is 944 g/mol. The van der Waals surface area contributed by atoms with E-state index in [0.717, 1.165) is 44.1 Å². The van der Waals surface area contributed by atoms with E-state index >= 15 is 0 Å². The van der Waals surface area contributed by atoms with E-state index in [1.165, 1.54) is 19.1 Å². The highest BCUT2D eigenvalue weighted by Gasteiger charge is 2.56. The molecule has 0 aromatic carbocycles. The zero-order valence-corrected chi connectivity index (χ0v) is 41.5. The quantitative estimate of drug-likeness (QED) is 0.0892. The molecule has 4 heterocycles. The number of allylic oxidation sites excluding steroid dienone is 4. The van der Waals surface area contributed by atoms with Gasteiger partial charge in [0, 0.05) is 58.7 Å². The number of nitrogens with zero attached hydrogens (tertiary/aromatic N) is 1. The lowest BCUT2D eigenvalue weighted by molar-refractivity contribution is -0.302. The SMILES string of the molecule is C=CC[C@@H]1/C=C(\C)C[C@H](C)C[C@H](OC)C2O[C@@](O)(C(=O)C(=O)N3CCCC[C@H]3C(=O)O[C@H](/C(C)=C/[C@@H]3CC[C@@H](OCCCCC4CCOC4=O)[C@H](OC)C3)[C@H](C)[C@@H](O)CC1=O)[C@H](C)C[C@@H]2OC. The molecule has 1 amide bonds. The molecule has 1 aliphatic carbocycles. The second-order valence-corrected chi connectivity index (χ2v) is 20.3. The zero-order chi connectivity index (χ0) is 49.0. The highest BCUT2D eigenvalue weighted by molar-refractivity contribution is 6.39. The lowest BCUT2D eigenvalue weighted by Crippen LogP contribution is -2.64. The van der Waals surface area contributed by atoms with Gasteiger partial charge in [-0.1, -0.05) is 51.0 Å². The zero-order valence-electron chi connectivity index (χ0n) is 41.5. The number of carbonyl (C=O) groups is 5. The first-order valence-corrected chi connectivity index (χ1v) is 25.0. The normalized spacial score (nSPS) is 38.8. The van der Waals surface area contributed by atoms with Crippen LogP contribution in [0.1, 0.15) is 131 Å². The van der Waals surface area contributed by atoms with E-state index < -0.39 is 77.8 Å². The van der Waals surface area contributed by atoms with Crippen molar-refractivity contribution in [1.29, 1.82) is 0 Å². The second-order valence-electron chi connectivity index (χ2n) is 20.3. The first-order valence-electron chi connectivity index (χ1n) is 25.0. The molecule has 0 aromatic rings. The Morgan fingerprint density at radius 2 is 1.61 bits per heavy atom. The van der Waals surface area contributed by atoms with Crippen LogP contribution < -0.4 is 0 Å². The fraction of sp³-hybridized carbons (Fsp3) is 0.788. The molecule has 0 radical (unpaired) electrons. The molecule has 0 aromatic heterocycles. The number of aliphatic hydroxyl groups is 2. The summed E-state index contributed by atoms with van der Waals surface area (Å²) in [6.45, 7) is 14.3. The fourth-order valence-electron chi connectivity index (χ4n) is 11.1. The van der Waals surface area contributed by atoms with Gasteiger partial charge in [-0.3, -0.25) is 19.2 Å². The van der Waals surface area contributed by atoms with E-state index in [0.29, 0.717) is 57.3 Å². The molecule has 5 aliphatic rings. The maximum atomic E-state index is 14.5. The van der Waals surface area contributed by atoms with Crippen LogP contribution in [0, 0.1) is 35.5 Å². The number of esters is 2. The molecule has 15 nitrogen and oxygen atoms in total. The third kappa shape index (κ3) is 13.9. The first-order chi connectivity index (χ1) is 31.9. The number of fused-ring (bicyclic) bond motifs is 3. The molecule has 4 fully saturated rings. The molecular weight excluding hydrogens is 863 g/mol. The Bertz CT molecular complexity index is 1760. The van der Waals surface area contributed by atoms with Crippen molar-refractivity contribution >= 4 is 29.4 Å². The number of Topliss-reactive ketones (excluding diaryl/α,β-unsaturated/α-hetero) is 2. The standard InChI is InChI=1S/C52H81NO14/c1-10-15-38-25-31(2)24-32(3)26-44(62-8)47-45(63-9)28-34(5)52(60,67-47)48(56)49(57)53-21-13-11-17-39(53)51(59)66-46(35(6)40(54)30-41(38)55)33(4)27-36-18-19-42(43(29-36)61-7)64-22-14-12-16-37-20-23-65-50(37)58/h10,25,27,32,34-40,42-47,54,60H,1,11-24,26,28-30H2,2-9H3/b31-25+,33-27+/t32-,34+,35+,36-,37?,38+,39-,40-,42+,43+,44-,45-,46+,47?,52+/m0/s1. The van der Waals surface area contributed by atoms with Crippen molar-refractivity contribution < 1.29 is 67.3 Å². The summed E-state index contributed by atoms with van der Waals surface area (Å²) in [6, 6.07) is -1.15. The summed E-state index contributed by atoms with van der Waals surface area (Å²) in [5, 5.41) is 24.0. The molecule has 15 atom stereocenters. The van der Waals surface area contributed by atoms with Crippen LogP contribution >= 0.6 is 0 Å². The lowest BCUT2D eigenvalue weighted by atomic mass is 9.81. The molecule has 5 rings (SSSR count). The molecule has 4 aliphatic heterocycles. The average Bonchev–Trinajstić information content (AvgIpc) is 3.73. The number of cyclic esters (lactones) is 2. The van der Waals surface area contributed by atoms with E-state index in [9.17, 15) is 34.2 Å². The number of aliphatic hydroxyl groups excluding tert-OH is 1. The van der Waals surface area contributed by atoms with Crippen molar-refractivity contribution in [3.63, 3.8) is 0 Å². The Morgan fingerprint density at radius 1 is 0.896 bits per heavy atom. The molecule has 0 spiro atoms. The number of ketones is 2. The minimum absolute atomic E-state index is 0.00193. The minimum Gasteiger partial charge on any atom is -0.465 e. The number of rotatable bonds is 13. The maximum Gasteiger partial charge on any atom is 0.329 e. The molecule has 378 valence electrons. The van der Waals surface area contributed by atoms with Gasteiger partial charge in [-0.25, -0.2) is 4.79 Å². The summed E-state index contributed by atoms with van der Waals surface area (Å²) in [5.41, 5.74) is 1.64. The third-order valence-corrected chi connectivity index (χ3v) is 15.2. The largest absolute Gasteiger partial charge is 0.465 e. The molecule has 15 heteroatoms. The van der Waals surface area contributed by atoms with Crippen LogP contribution in [0.3, 0.4) is 0 Å². The van der Waals surface area contributed by atoms with Gasteiger partial charge in [0.1, 0.15) is 24.0 Å². The summed E-state index contributed by atoms with van der Waals surface area (Å²) in [5.74, 6) is -7.89. The van der Waals surface area contributed by atoms with Gasteiger partial charge in [-0.15, -0.1) is 6.58 Å². The van der Waals surface area contributed by atoms with Crippen LogP contribution in [0.2, 0.25) is 0 Å². The Balaban J connectivity index is 1.42. The first kappa shape index (κ1) is 54.6. The number of hydrogen-bond acceptors (Lipinski definition) is 14. The highest BCUT2D eigenvalue weighted by atomic mass is 16.7.